The van der Waals surface area contributed by atoms with Crippen LogP contribution in [0, 0.1) is 13.8 Å². The molecule has 82 valence electrons. The lowest BCUT2D eigenvalue weighted by Gasteiger charge is -2.12. The van der Waals surface area contributed by atoms with Crippen LogP contribution in [-0.4, -0.2) is 15.6 Å². The fourth-order valence-corrected chi connectivity index (χ4v) is 1.74. The summed E-state index contributed by atoms with van der Waals surface area (Å²) in [4.78, 5) is 28.7. The van der Waals surface area contributed by atoms with Crippen molar-refractivity contribution in [1.29, 1.82) is 0 Å². The van der Waals surface area contributed by atoms with Gasteiger partial charge in [-0.2, -0.15) is 0 Å². The molecule has 1 aromatic carbocycles. The van der Waals surface area contributed by atoms with E-state index in [0.717, 1.165) is 11.1 Å². The van der Waals surface area contributed by atoms with E-state index in [4.69, 9.17) is 14.3 Å². The number of hydrogen-bond acceptors (Lipinski definition) is 4. The van der Waals surface area contributed by atoms with Gasteiger partial charge in [-0.3, -0.25) is 4.79 Å². The summed E-state index contributed by atoms with van der Waals surface area (Å²) in [6.07, 6.45) is 0. The van der Waals surface area contributed by atoms with Crippen molar-refractivity contribution < 1.29 is 19.1 Å². The summed E-state index contributed by atoms with van der Waals surface area (Å²) >= 11 is 0. The van der Waals surface area contributed by atoms with Crippen LogP contribution in [0.1, 0.15) is 28.4 Å². The Morgan fingerprint density at radius 1 is 1.27 bits per heavy atom. The van der Waals surface area contributed by atoms with Crippen LogP contribution in [0.2, 0.25) is 0 Å². The lowest BCUT2D eigenvalue weighted by molar-refractivity contribution is 0.101. The predicted octanol–water partition coefficient (Wildman–Crippen LogP) is 2.10. The highest BCUT2D eigenvalue weighted by Gasteiger charge is 2.12. The molecule has 0 saturated heterocycles. The van der Waals surface area contributed by atoms with E-state index in [1.54, 1.807) is 26.0 Å². The van der Waals surface area contributed by atoms with Gasteiger partial charge in [0, 0.05) is 5.56 Å². The van der Waals surface area contributed by atoms with Crippen molar-refractivity contribution in [3.8, 4) is 5.75 Å². The zero-order valence-electron chi connectivity index (χ0n) is 8.81. The van der Waals surface area contributed by atoms with E-state index in [2.05, 4.69) is 0 Å². The number of ketones is 1. The molecule has 0 heterocycles. The monoisotopic (exact) mass is 228 g/mol. The number of carbonyl (C=O) groups is 1. The van der Waals surface area contributed by atoms with Gasteiger partial charge in [0.15, 0.2) is 5.78 Å². The summed E-state index contributed by atoms with van der Waals surface area (Å²) in [5.74, 6) is 0.381. The van der Waals surface area contributed by atoms with Crippen molar-refractivity contribution >= 4 is 14.4 Å². The average molecular weight is 228 g/mol. The third-order valence-corrected chi connectivity index (χ3v) is 2.66. The molecule has 0 aliphatic carbocycles. The Kier molecular flexibility index (Phi) is 3.80. The Balaban J connectivity index is 3.15. The normalized spacial score (nSPS) is 10.5. The second-order valence-corrected chi connectivity index (χ2v) is 3.95. The second-order valence-electron chi connectivity index (χ2n) is 3.26. The SMILES string of the molecule is CC(=O)c1ccc(OP(O)O)c(C)c1C. The fraction of sp³-hybridized carbons (Fsp3) is 0.300. The number of rotatable bonds is 3. The van der Waals surface area contributed by atoms with E-state index in [1.165, 1.54) is 6.92 Å². The number of benzene rings is 1. The molecule has 1 rings (SSSR count). The highest BCUT2D eigenvalue weighted by atomic mass is 31.2. The van der Waals surface area contributed by atoms with Gasteiger partial charge >= 0.3 is 8.60 Å². The van der Waals surface area contributed by atoms with Crippen LogP contribution in [0.3, 0.4) is 0 Å². The zero-order valence-corrected chi connectivity index (χ0v) is 9.71. The molecular weight excluding hydrogens is 215 g/mol. The molecule has 0 saturated carbocycles. The van der Waals surface area contributed by atoms with E-state index in [1.807, 2.05) is 0 Å². The summed E-state index contributed by atoms with van der Waals surface area (Å²) in [5.41, 5.74) is 2.18. The molecule has 2 N–H and O–H groups in total. The van der Waals surface area contributed by atoms with E-state index < -0.39 is 8.60 Å². The molecule has 0 amide bonds. The lowest BCUT2D eigenvalue weighted by atomic mass is 10.0. The van der Waals surface area contributed by atoms with E-state index in [9.17, 15) is 4.79 Å². The van der Waals surface area contributed by atoms with E-state index in [-0.39, 0.29) is 5.78 Å². The van der Waals surface area contributed by atoms with Crippen molar-refractivity contribution in [1.82, 2.24) is 0 Å². The van der Waals surface area contributed by atoms with Crippen molar-refractivity contribution in [2.75, 3.05) is 0 Å². The van der Waals surface area contributed by atoms with Crippen LogP contribution in [0.15, 0.2) is 12.1 Å². The minimum Gasteiger partial charge on any atom is -0.427 e. The van der Waals surface area contributed by atoms with Gasteiger partial charge in [-0.25, -0.2) is 0 Å². The first-order valence-electron chi connectivity index (χ1n) is 4.40. The summed E-state index contributed by atoms with van der Waals surface area (Å²) in [6, 6.07) is 3.19. The Hall–Kier alpha value is -0.960. The van der Waals surface area contributed by atoms with Gasteiger partial charge in [0.25, 0.3) is 0 Å². The van der Waals surface area contributed by atoms with Gasteiger partial charge in [0.2, 0.25) is 0 Å². The van der Waals surface area contributed by atoms with Crippen molar-refractivity contribution in [3.63, 3.8) is 0 Å². The van der Waals surface area contributed by atoms with Crippen molar-refractivity contribution in [3.05, 3.63) is 28.8 Å². The molecule has 0 bridgehead atoms. The number of Topliss-reactive ketones (excluding diaryl/α,β-unsaturated/α-hetero) is 1. The van der Waals surface area contributed by atoms with Gasteiger partial charge in [-0.15, -0.1) is 0 Å². The first-order chi connectivity index (χ1) is 6.93. The molecule has 1 aromatic rings. The standard InChI is InChI=1S/C10H13O4P/c1-6-7(2)10(14-15(12)13)5-4-9(6)8(3)11/h4-5,12-13H,1-3H3. The Bertz CT molecular complexity index is 387. The van der Waals surface area contributed by atoms with Gasteiger partial charge in [-0.1, -0.05) is 0 Å². The van der Waals surface area contributed by atoms with E-state index in [0.29, 0.717) is 11.3 Å². The minimum atomic E-state index is -2.42. The van der Waals surface area contributed by atoms with E-state index >= 15 is 0 Å². The summed E-state index contributed by atoms with van der Waals surface area (Å²) < 4.78 is 4.83. The van der Waals surface area contributed by atoms with Crippen molar-refractivity contribution in [2.45, 2.75) is 20.8 Å². The third-order valence-electron chi connectivity index (χ3n) is 2.30. The van der Waals surface area contributed by atoms with Gasteiger partial charge < -0.3 is 14.3 Å². The van der Waals surface area contributed by atoms with Crippen LogP contribution in [0.25, 0.3) is 0 Å². The first-order valence-corrected chi connectivity index (χ1v) is 5.57. The van der Waals surface area contributed by atoms with Crippen LogP contribution in [0.4, 0.5) is 0 Å². The second kappa shape index (κ2) is 4.71. The quantitative estimate of drug-likeness (QED) is 0.614. The Labute approximate surface area is 89.5 Å². The topological polar surface area (TPSA) is 66.8 Å². The van der Waals surface area contributed by atoms with Gasteiger partial charge in [0.1, 0.15) is 5.75 Å². The van der Waals surface area contributed by atoms with Crippen LogP contribution < -0.4 is 4.52 Å². The molecule has 4 nitrogen and oxygen atoms in total. The van der Waals surface area contributed by atoms with Crippen LogP contribution in [0.5, 0.6) is 5.75 Å². The number of carbonyl (C=O) groups excluding carboxylic acids is 1. The number of hydrogen-bond donors (Lipinski definition) is 2. The Morgan fingerprint density at radius 3 is 2.33 bits per heavy atom. The summed E-state index contributed by atoms with van der Waals surface area (Å²) in [7, 11) is -2.42. The maximum absolute atomic E-state index is 11.2. The van der Waals surface area contributed by atoms with Gasteiger partial charge in [0.05, 0.1) is 0 Å². The molecule has 0 radical (unpaired) electrons. The Morgan fingerprint density at radius 2 is 1.87 bits per heavy atom. The average Bonchev–Trinajstić information content (AvgIpc) is 2.12. The molecule has 5 heteroatoms. The smallest absolute Gasteiger partial charge is 0.391 e. The molecule has 0 aliphatic rings. The molecular formula is C10H13O4P. The highest BCUT2D eigenvalue weighted by Crippen LogP contribution is 2.33. The highest BCUT2D eigenvalue weighted by molar-refractivity contribution is 7.39. The molecule has 0 aliphatic heterocycles. The largest absolute Gasteiger partial charge is 0.427 e. The molecule has 15 heavy (non-hydrogen) atoms. The minimum absolute atomic E-state index is 0.0163. The third kappa shape index (κ3) is 2.75. The van der Waals surface area contributed by atoms with Crippen molar-refractivity contribution in [2.24, 2.45) is 0 Å². The maximum atomic E-state index is 11.2. The zero-order chi connectivity index (χ0) is 11.6. The first kappa shape index (κ1) is 12.1. The summed E-state index contributed by atoms with van der Waals surface area (Å²) in [5, 5.41) is 0. The molecule has 0 spiro atoms. The maximum Gasteiger partial charge on any atom is 0.391 e. The fourth-order valence-electron chi connectivity index (χ4n) is 1.36. The molecule has 0 atom stereocenters. The lowest BCUT2D eigenvalue weighted by Crippen LogP contribution is -2.00. The van der Waals surface area contributed by atoms with Crippen LogP contribution in [-0.2, 0) is 0 Å². The predicted molar refractivity (Wildman–Crippen MR) is 57.9 cm³/mol. The van der Waals surface area contributed by atoms with Crippen LogP contribution >= 0.6 is 8.60 Å². The van der Waals surface area contributed by atoms with Gasteiger partial charge in [-0.05, 0) is 44.0 Å². The summed E-state index contributed by atoms with van der Waals surface area (Å²) in [6.45, 7) is 5.07. The molecule has 0 fully saturated rings. The molecule has 0 unspecified atom stereocenters. The molecule has 0 aromatic heterocycles.